The van der Waals surface area contributed by atoms with Gasteiger partial charge in [-0.05, 0) is 104 Å². The summed E-state index contributed by atoms with van der Waals surface area (Å²) in [5.41, 5.74) is 14.2. The van der Waals surface area contributed by atoms with Crippen molar-refractivity contribution in [2.75, 3.05) is 60.2 Å². The average Bonchev–Trinajstić information content (AvgIpc) is 3.80. The third-order valence-corrected chi connectivity index (χ3v) is 11.0. The van der Waals surface area contributed by atoms with E-state index in [1.807, 2.05) is 55.5 Å². The SMILES string of the molecule is C.C1CCOC1.CCC(C)CN(CC(C)C)c1ccc(Br)cc1N.CCC(C)CN(CC(C)C)c1ccc(Br)cc1NC(=O)Cc1ccc(C)cc1.Cc1ccc(N=C=O)cc1. The highest BCUT2D eigenvalue weighted by Gasteiger charge is 2.18. The molecular formula is C52H77Br2N5O3. The third kappa shape index (κ3) is 22.9. The van der Waals surface area contributed by atoms with E-state index >= 15 is 0 Å². The molecule has 1 heterocycles. The summed E-state index contributed by atoms with van der Waals surface area (Å²) < 4.78 is 6.95. The minimum atomic E-state index is 0. The van der Waals surface area contributed by atoms with E-state index in [2.05, 4.69) is 139 Å². The van der Waals surface area contributed by atoms with Gasteiger partial charge < -0.3 is 25.6 Å². The third-order valence-electron chi connectivity index (χ3n) is 10.1. The molecule has 2 unspecified atom stereocenters. The number of nitrogen functional groups attached to an aromatic ring is 1. The molecule has 4 aromatic rings. The number of halogens is 2. The lowest BCUT2D eigenvalue weighted by Gasteiger charge is -2.31. The molecule has 1 aliphatic heterocycles. The van der Waals surface area contributed by atoms with Crippen molar-refractivity contribution in [1.82, 2.24) is 0 Å². The molecule has 1 saturated heterocycles. The van der Waals surface area contributed by atoms with Crippen molar-refractivity contribution in [2.24, 2.45) is 28.7 Å². The molecule has 1 fully saturated rings. The summed E-state index contributed by atoms with van der Waals surface area (Å²) in [6.45, 7) is 28.1. The first-order valence-corrected chi connectivity index (χ1v) is 23.6. The fraction of sp³-hybridized carbons (Fsp3) is 0.500. The zero-order valence-corrected chi connectivity index (χ0v) is 41.7. The van der Waals surface area contributed by atoms with E-state index in [1.165, 1.54) is 30.9 Å². The molecule has 62 heavy (non-hydrogen) atoms. The van der Waals surface area contributed by atoms with Crippen LogP contribution in [0.1, 0.15) is 105 Å². The number of hydrogen-bond donors (Lipinski definition) is 2. The number of carbonyl (C=O) groups excluding carboxylic acids is 2. The number of anilines is 4. The minimum absolute atomic E-state index is 0. The van der Waals surface area contributed by atoms with Gasteiger partial charge in [0.25, 0.3) is 0 Å². The van der Waals surface area contributed by atoms with E-state index in [0.717, 1.165) is 88.6 Å². The first-order valence-electron chi connectivity index (χ1n) is 22.0. The number of nitrogens with zero attached hydrogens (tertiary/aromatic N) is 3. The van der Waals surface area contributed by atoms with Crippen molar-refractivity contribution in [3.8, 4) is 0 Å². The second-order valence-electron chi connectivity index (χ2n) is 17.1. The molecule has 0 aliphatic carbocycles. The first-order chi connectivity index (χ1) is 29.0. The van der Waals surface area contributed by atoms with Crippen molar-refractivity contribution in [3.63, 3.8) is 0 Å². The molecule has 0 aromatic heterocycles. The van der Waals surface area contributed by atoms with Gasteiger partial charge in [-0.3, -0.25) is 4.79 Å². The van der Waals surface area contributed by atoms with Crippen LogP contribution in [-0.2, 0) is 20.7 Å². The molecule has 8 nitrogen and oxygen atoms in total. The normalized spacial score (nSPS) is 12.5. The maximum atomic E-state index is 12.7. The Kier molecular flexibility index (Phi) is 28.0. The molecule has 1 aliphatic rings. The molecule has 342 valence electrons. The zero-order chi connectivity index (χ0) is 45.3. The number of aliphatic imine (C=N–C) groups is 1. The lowest BCUT2D eigenvalue weighted by Crippen LogP contribution is -2.33. The molecule has 2 atom stereocenters. The van der Waals surface area contributed by atoms with Gasteiger partial charge in [0.2, 0.25) is 12.0 Å². The number of hydrogen-bond acceptors (Lipinski definition) is 7. The van der Waals surface area contributed by atoms with Crippen molar-refractivity contribution in [2.45, 2.75) is 109 Å². The molecular weight excluding hydrogens is 902 g/mol. The van der Waals surface area contributed by atoms with Gasteiger partial charge in [-0.25, -0.2) is 4.79 Å². The van der Waals surface area contributed by atoms with Crippen molar-refractivity contribution in [1.29, 1.82) is 0 Å². The van der Waals surface area contributed by atoms with Crippen LogP contribution in [-0.4, -0.2) is 51.4 Å². The predicted octanol–water partition coefficient (Wildman–Crippen LogP) is 14.4. The van der Waals surface area contributed by atoms with Crippen LogP contribution in [0, 0.1) is 37.5 Å². The van der Waals surface area contributed by atoms with Crippen LogP contribution in [0.25, 0.3) is 0 Å². The summed E-state index contributed by atoms with van der Waals surface area (Å²) >= 11 is 7.02. The van der Waals surface area contributed by atoms with Crippen molar-refractivity contribution >= 4 is 72.3 Å². The number of nitrogens with two attached hydrogens (primary N) is 1. The van der Waals surface area contributed by atoms with Gasteiger partial charge in [-0.15, -0.1) is 0 Å². The van der Waals surface area contributed by atoms with Crippen molar-refractivity contribution in [3.05, 3.63) is 111 Å². The van der Waals surface area contributed by atoms with E-state index in [4.69, 9.17) is 10.5 Å². The molecule has 0 spiro atoms. The van der Waals surface area contributed by atoms with Gasteiger partial charge >= 0.3 is 0 Å². The van der Waals surface area contributed by atoms with Crippen LogP contribution in [0.2, 0.25) is 0 Å². The van der Waals surface area contributed by atoms with Gasteiger partial charge in [-0.2, -0.15) is 4.99 Å². The number of rotatable bonds is 16. The highest BCUT2D eigenvalue weighted by molar-refractivity contribution is 9.10. The summed E-state index contributed by atoms with van der Waals surface area (Å²) in [6.07, 6.45) is 6.75. The van der Waals surface area contributed by atoms with Gasteiger partial charge in [-0.1, -0.05) is 155 Å². The topological polar surface area (TPSA) is 100 Å². The second kappa shape index (κ2) is 31.0. The zero-order valence-electron chi connectivity index (χ0n) is 38.6. The van der Waals surface area contributed by atoms with Gasteiger partial charge in [0.15, 0.2) is 0 Å². The Hall–Kier alpha value is -3.95. The number of isocyanates is 1. The van der Waals surface area contributed by atoms with E-state index in [9.17, 15) is 9.59 Å². The fourth-order valence-electron chi connectivity index (χ4n) is 6.40. The molecule has 4 aromatic carbocycles. The minimum Gasteiger partial charge on any atom is -0.397 e. The Morgan fingerprint density at radius 1 is 0.726 bits per heavy atom. The second-order valence-corrected chi connectivity index (χ2v) is 18.9. The summed E-state index contributed by atoms with van der Waals surface area (Å²) in [7, 11) is 0. The first kappa shape index (κ1) is 56.1. The maximum absolute atomic E-state index is 12.7. The molecule has 5 rings (SSSR count). The van der Waals surface area contributed by atoms with Crippen molar-refractivity contribution < 1.29 is 14.3 Å². The van der Waals surface area contributed by atoms with E-state index in [0.29, 0.717) is 35.8 Å². The average molecular weight is 980 g/mol. The van der Waals surface area contributed by atoms with Crippen LogP contribution in [0.3, 0.4) is 0 Å². The molecule has 10 heteroatoms. The highest BCUT2D eigenvalue weighted by atomic mass is 79.9. The Balaban J connectivity index is 0.000000478. The Morgan fingerprint density at radius 3 is 1.63 bits per heavy atom. The number of nitrogens with one attached hydrogen (secondary N) is 1. The summed E-state index contributed by atoms with van der Waals surface area (Å²) in [4.78, 5) is 30.7. The fourth-order valence-corrected chi connectivity index (χ4v) is 7.14. The van der Waals surface area contributed by atoms with Gasteiger partial charge in [0.1, 0.15) is 0 Å². The molecule has 0 bridgehead atoms. The van der Waals surface area contributed by atoms with Gasteiger partial charge in [0, 0.05) is 48.3 Å². The summed E-state index contributed by atoms with van der Waals surface area (Å²) in [5.74, 6) is 2.47. The van der Waals surface area contributed by atoms with E-state index < -0.39 is 0 Å². The van der Waals surface area contributed by atoms with Crippen LogP contribution in [0.15, 0.2) is 98.9 Å². The Morgan fingerprint density at radius 2 is 1.19 bits per heavy atom. The summed E-state index contributed by atoms with van der Waals surface area (Å²) in [6, 6.07) is 27.8. The molecule has 3 N–H and O–H groups in total. The lowest BCUT2D eigenvalue weighted by molar-refractivity contribution is -0.115. The number of aryl methyl sites for hydroxylation is 2. The number of ether oxygens (including phenoxy) is 1. The molecule has 0 saturated carbocycles. The van der Waals surface area contributed by atoms with Gasteiger partial charge in [0.05, 0.1) is 34.9 Å². The lowest BCUT2D eigenvalue weighted by atomic mass is 10.1. The van der Waals surface area contributed by atoms with Crippen LogP contribution in [0.5, 0.6) is 0 Å². The molecule has 1 amide bonds. The Labute approximate surface area is 392 Å². The monoisotopic (exact) mass is 977 g/mol. The smallest absolute Gasteiger partial charge is 0.240 e. The maximum Gasteiger partial charge on any atom is 0.240 e. The number of benzene rings is 4. The summed E-state index contributed by atoms with van der Waals surface area (Å²) in [5, 5.41) is 3.15. The molecule has 0 radical (unpaired) electrons. The number of carbonyl (C=O) groups is 1. The quantitative estimate of drug-likeness (QED) is 0.0659. The Bertz CT molecular complexity index is 1880. The van der Waals surface area contributed by atoms with Crippen LogP contribution >= 0.6 is 31.9 Å². The van der Waals surface area contributed by atoms with E-state index in [-0.39, 0.29) is 13.3 Å². The highest BCUT2D eigenvalue weighted by Crippen LogP contribution is 2.32. The largest absolute Gasteiger partial charge is 0.397 e. The predicted molar refractivity (Wildman–Crippen MR) is 275 cm³/mol. The number of amides is 1. The van der Waals surface area contributed by atoms with E-state index in [1.54, 1.807) is 12.1 Å². The standard InChI is InChI=1S/C24H33BrN2O.C15H25BrN2.C8H7NO.C4H8O.CH4/c1-6-18(4)16-27(15-17(2)3)23-12-11-21(25)14-22(23)26-24(28)13-20-9-7-19(5)8-10-20;1-5-12(4)10-18(9-11(2)3)15-7-6-13(16)8-14(15)17;1-7-2-4-8(5-3-7)9-6-10;1-2-4-5-3-1;/h7-12,14,17-18H,6,13,15-16H2,1-5H3,(H,26,28);6-8,11-12H,5,9-10,17H2,1-4H3;2-5H,1H3;1-4H2;1H4. The van der Waals surface area contributed by atoms with Crippen LogP contribution < -0.4 is 20.9 Å². The van der Waals surface area contributed by atoms with Crippen LogP contribution in [0.4, 0.5) is 28.4 Å².